The van der Waals surface area contributed by atoms with Crippen LogP contribution in [0.3, 0.4) is 0 Å². The largest absolute Gasteiger partial charge is 0.497 e. The van der Waals surface area contributed by atoms with Gasteiger partial charge in [0.05, 0.1) is 7.11 Å². The highest BCUT2D eigenvalue weighted by molar-refractivity contribution is 6.01. The molecule has 33 heavy (non-hydrogen) atoms. The summed E-state index contributed by atoms with van der Waals surface area (Å²) in [7, 11) is 1.58. The van der Waals surface area contributed by atoms with Crippen molar-refractivity contribution in [2.24, 2.45) is 5.41 Å². The van der Waals surface area contributed by atoms with Crippen LogP contribution in [-0.4, -0.2) is 31.6 Å². The summed E-state index contributed by atoms with van der Waals surface area (Å²) in [5, 5.41) is 0. The molecule has 0 aliphatic carbocycles. The van der Waals surface area contributed by atoms with Gasteiger partial charge in [-0.05, 0) is 36.4 Å². The van der Waals surface area contributed by atoms with Crippen LogP contribution >= 0.6 is 0 Å². The SMILES string of the molecule is COc1ccc(O[C@@H](C(=O)O[C@H]2C(=O)N(c3ccccc3)CC2(C)C)c2ccccc2)cc1. The van der Waals surface area contributed by atoms with Gasteiger partial charge in [-0.15, -0.1) is 0 Å². The number of methoxy groups -OCH3 is 1. The van der Waals surface area contributed by atoms with Crippen molar-refractivity contribution >= 4 is 17.6 Å². The fourth-order valence-corrected chi connectivity index (χ4v) is 3.93. The average molecular weight is 446 g/mol. The van der Waals surface area contributed by atoms with Gasteiger partial charge in [-0.3, -0.25) is 4.79 Å². The first-order chi connectivity index (χ1) is 15.9. The molecule has 1 saturated heterocycles. The number of rotatable bonds is 7. The Labute approximate surface area is 193 Å². The van der Waals surface area contributed by atoms with Crippen LogP contribution in [0.25, 0.3) is 0 Å². The molecular formula is C27H27NO5. The second kappa shape index (κ2) is 9.36. The molecule has 0 radical (unpaired) electrons. The lowest BCUT2D eigenvalue weighted by Crippen LogP contribution is -2.38. The molecule has 6 nitrogen and oxygen atoms in total. The molecule has 1 fully saturated rings. The summed E-state index contributed by atoms with van der Waals surface area (Å²) in [4.78, 5) is 28.3. The summed E-state index contributed by atoms with van der Waals surface area (Å²) in [6, 6.07) is 25.5. The van der Waals surface area contributed by atoms with E-state index in [0.29, 0.717) is 23.6 Å². The minimum atomic E-state index is -1.02. The Morgan fingerprint density at radius 3 is 2.09 bits per heavy atom. The highest BCUT2D eigenvalue weighted by atomic mass is 16.6. The van der Waals surface area contributed by atoms with E-state index in [1.54, 1.807) is 48.4 Å². The van der Waals surface area contributed by atoms with Gasteiger partial charge in [0.25, 0.3) is 5.91 Å². The predicted molar refractivity (Wildman–Crippen MR) is 125 cm³/mol. The lowest BCUT2D eigenvalue weighted by molar-refractivity contribution is -0.165. The van der Waals surface area contributed by atoms with E-state index < -0.39 is 23.6 Å². The van der Waals surface area contributed by atoms with Crippen LogP contribution in [0.4, 0.5) is 5.69 Å². The van der Waals surface area contributed by atoms with E-state index >= 15 is 0 Å². The van der Waals surface area contributed by atoms with Crippen molar-refractivity contribution in [2.45, 2.75) is 26.1 Å². The molecule has 1 amide bonds. The smallest absolute Gasteiger partial charge is 0.352 e. The monoisotopic (exact) mass is 445 g/mol. The molecular weight excluding hydrogens is 418 g/mol. The zero-order valence-electron chi connectivity index (χ0n) is 18.9. The number of amides is 1. The van der Waals surface area contributed by atoms with Crippen molar-refractivity contribution in [2.75, 3.05) is 18.6 Å². The molecule has 2 atom stereocenters. The van der Waals surface area contributed by atoms with Gasteiger partial charge in [0.1, 0.15) is 11.5 Å². The summed E-state index contributed by atoms with van der Waals surface area (Å²) in [6.45, 7) is 4.30. The van der Waals surface area contributed by atoms with Gasteiger partial charge in [-0.2, -0.15) is 0 Å². The van der Waals surface area contributed by atoms with Crippen LogP contribution in [0.1, 0.15) is 25.5 Å². The van der Waals surface area contributed by atoms with Crippen LogP contribution < -0.4 is 14.4 Å². The molecule has 1 aliphatic rings. The number of carbonyl (C=O) groups is 2. The molecule has 0 unspecified atom stereocenters. The lowest BCUT2D eigenvalue weighted by atomic mass is 9.89. The minimum absolute atomic E-state index is 0.240. The van der Waals surface area contributed by atoms with Gasteiger partial charge in [0.15, 0.2) is 6.10 Å². The number of esters is 1. The third-order valence-electron chi connectivity index (χ3n) is 5.70. The average Bonchev–Trinajstić information content (AvgIpc) is 3.07. The Hall–Kier alpha value is -3.80. The van der Waals surface area contributed by atoms with Gasteiger partial charge in [-0.25, -0.2) is 4.79 Å². The Morgan fingerprint density at radius 2 is 1.48 bits per heavy atom. The fraction of sp³-hybridized carbons (Fsp3) is 0.259. The zero-order valence-corrected chi connectivity index (χ0v) is 18.9. The van der Waals surface area contributed by atoms with Crippen LogP contribution in [-0.2, 0) is 14.3 Å². The second-order valence-corrected chi connectivity index (χ2v) is 8.65. The van der Waals surface area contributed by atoms with E-state index in [9.17, 15) is 9.59 Å². The molecule has 4 rings (SSSR count). The normalized spacial score (nSPS) is 18.0. The topological polar surface area (TPSA) is 65.1 Å². The highest BCUT2D eigenvalue weighted by Gasteiger charge is 2.50. The molecule has 170 valence electrons. The van der Waals surface area contributed by atoms with Crippen LogP contribution in [0.15, 0.2) is 84.9 Å². The number of hydrogen-bond acceptors (Lipinski definition) is 5. The standard InChI is InChI=1S/C27H27NO5/c1-27(2)18-28(20-12-8-5-9-13-20)25(29)24(27)33-26(30)23(19-10-6-4-7-11-19)32-22-16-14-21(31-3)15-17-22/h4-17,23-24H,18H2,1-3H3/t23-,24+/m1/s1. The van der Waals surface area contributed by atoms with Crippen molar-refractivity contribution in [3.05, 3.63) is 90.5 Å². The number of para-hydroxylation sites is 1. The zero-order chi connectivity index (χ0) is 23.4. The van der Waals surface area contributed by atoms with E-state index in [2.05, 4.69) is 0 Å². The minimum Gasteiger partial charge on any atom is -0.497 e. The van der Waals surface area contributed by atoms with Crippen molar-refractivity contribution in [1.29, 1.82) is 0 Å². The fourth-order valence-electron chi connectivity index (χ4n) is 3.93. The van der Waals surface area contributed by atoms with Gasteiger partial charge in [0, 0.05) is 23.2 Å². The van der Waals surface area contributed by atoms with Gasteiger partial charge in [-0.1, -0.05) is 62.4 Å². The number of benzene rings is 3. The van der Waals surface area contributed by atoms with E-state index in [-0.39, 0.29) is 5.91 Å². The van der Waals surface area contributed by atoms with Crippen LogP contribution in [0.2, 0.25) is 0 Å². The molecule has 0 N–H and O–H groups in total. The summed E-state index contributed by atoms with van der Waals surface area (Å²) < 4.78 is 17.1. The predicted octanol–water partition coefficient (Wildman–Crippen LogP) is 4.80. The summed E-state index contributed by atoms with van der Waals surface area (Å²) >= 11 is 0. The van der Waals surface area contributed by atoms with Gasteiger partial charge < -0.3 is 19.1 Å². The van der Waals surface area contributed by atoms with Crippen molar-refractivity contribution in [1.82, 2.24) is 0 Å². The molecule has 0 bridgehead atoms. The number of anilines is 1. The summed E-state index contributed by atoms with van der Waals surface area (Å²) in [5.41, 5.74) is 0.855. The summed E-state index contributed by atoms with van der Waals surface area (Å²) in [5.74, 6) is 0.319. The molecule has 0 aromatic heterocycles. The first-order valence-electron chi connectivity index (χ1n) is 10.8. The summed E-state index contributed by atoms with van der Waals surface area (Å²) in [6.07, 6.45) is -1.94. The highest BCUT2D eigenvalue weighted by Crippen LogP contribution is 2.37. The first-order valence-corrected chi connectivity index (χ1v) is 10.8. The Balaban J connectivity index is 1.57. The van der Waals surface area contributed by atoms with E-state index in [1.165, 1.54) is 0 Å². The number of hydrogen-bond donors (Lipinski definition) is 0. The molecule has 1 aliphatic heterocycles. The van der Waals surface area contributed by atoms with Crippen molar-refractivity contribution < 1.29 is 23.8 Å². The Bertz CT molecular complexity index is 1100. The first kappa shape index (κ1) is 22.4. The molecule has 3 aromatic rings. The Kier molecular flexibility index (Phi) is 6.36. The molecule has 6 heteroatoms. The molecule has 0 saturated carbocycles. The third kappa shape index (κ3) is 4.85. The van der Waals surface area contributed by atoms with Gasteiger partial charge in [0.2, 0.25) is 6.10 Å². The number of nitrogens with zero attached hydrogens (tertiary/aromatic N) is 1. The third-order valence-corrected chi connectivity index (χ3v) is 5.70. The maximum Gasteiger partial charge on any atom is 0.352 e. The van der Waals surface area contributed by atoms with Crippen LogP contribution in [0, 0.1) is 5.41 Å². The maximum atomic E-state index is 13.4. The van der Waals surface area contributed by atoms with Gasteiger partial charge >= 0.3 is 5.97 Å². The van der Waals surface area contributed by atoms with Crippen molar-refractivity contribution in [3.63, 3.8) is 0 Å². The number of ether oxygens (including phenoxy) is 3. The van der Waals surface area contributed by atoms with Crippen molar-refractivity contribution in [3.8, 4) is 11.5 Å². The molecule has 0 spiro atoms. The second-order valence-electron chi connectivity index (χ2n) is 8.65. The van der Waals surface area contributed by atoms with E-state index in [4.69, 9.17) is 14.2 Å². The molecule has 1 heterocycles. The van der Waals surface area contributed by atoms with E-state index in [0.717, 1.165) is 5.69 Å². The van der Waals surface area contributed by atoms with E-state index in [1.807, 2.05) is 62.4 Å². The Morgan fingerprint density at radius 1 is 0.909 bits per heavy atom. The lowest BCUT2D eigenvalue weighted by Gasteiger charge is -2.26. The molecule has 3 aromatic carbocycles. The maximum absolute atomic E-state index is 13.4. The number of carbonyl (C=O) groups excluding carboxylic acids is 2. The van der Waals surface area contributed by atoms with Crippen LogP contribution in [0.5, 0.6) is 11.5 Å². The quantitative estimate of drug-likeness (QED) is 0.489.